The number of hydrogen-bond donors (Lipinski definition) is 2. The average Bonchev–Trinajstić information content (AvgIpc) is 3.02. The first kappa shape index (κ1) is 12.3. The summed E-state index contributed by atoms with van der Waals surface area (Å²) in [6.07, 6.45) is 1.63. The van der Waals surface area contributed by atoms with Gasteiger partial charge in [-0.25, -0.2) is 0 Å². The summed E-state index contributed by atoms with van der Waals surface area (Å²) in [6.45, 7) is 0.349. The van der Waals surface area contributed by atoms with E-state index in [2.05, 4.69) is 0 Å². The molecule has 2 aliphatic rings. The molecule has 6 nitrogen and oxygen atoms in total. The number of aliphatic carboxylic acids is 1. The van der Waals surface area contributed by atoms with E-state index in [0.29, 0.717) is 6.04 Å². The van der Waals surface area contributed by atoms with Crippen LogP contribution in [0.25, 0.3) is 0 Å². The number of nitrogens with zero attached hydrogens (tertiary/aromatic N) is 2. The van der Waals surface area contributed by atoms with Crippen LogP contribution in [0.1, 0.15) is 19.3 Å². The highest BCUT2D eigenvalue weighted by atomic mass is 16.4. The monoisotopic (exact) mass is 242 g/mol. The van der Waals surface area contributed by atoms with Crippen LogP contribution in [0.5, 0.6) is 0 Å². The smallest absolute Gasteiger partial charge is 0.321 e. The fourth-order valence-electron chi connectivity index (χ4n) is 2.26. The van der Waals surface area contributed by atoms with Crippen LogP contribution in [-0.2, 0) is 9.59 Å². The van der Waals surface area contributed by atoms with Crippen molar-refractivity contribution in [3.05, 3.63) is 0 Å². The zero-order chi connectivity index (χ0) is 12.6. The number of likely N-dealkylation sites (N-methyl/N-ethyl adjacent to an activating group) is 1. The van der Waals surface area contributed by atoms with Gasteiger partial charge in [-0.2, -0.15) is 0 Å². The van der Waals surface area contributed by atoms with Crippen molar-refractivity contribution in [1.29, 1.82) is 0 Å². The fraction of sp³-hybridized carbons (Fsp3) is 0.818. The van der Waals surface area contributed by atoms with Crippen LogP contribution in [0.2, 0.25) is 0 Å². The van der Waals surface area contributed by atoms with Crippen LogP contribution < -0.4 is 0 Å². The van der Waals surface area contributed by atoms with Gasteiger partial charge in [-0.1, -0.05) is 0 Å². The molecular formula is C11H18N2O4. The average molecular weight is 242 g/mol. The summed E-state index contributed by atoms with van der Waals surface area (Å²) >= 11 is 0. The minimum Gasteiger partial charge on any atom is -0.480 e. The first-order valence-corrected chi connectivity index (χ1v) is 5.89. The third-order valence-electron chi connectivity index (χ3n) is 3.49. The van der Waals surface area contributed by atoms with Crippen LogP contribution in [0.4, 0.5) is 0 Å². The molecule has 0 aromatic rings. The van der Waals surface area contributed by atoms with Crippen molar-refractivity contribution in [1.82, 2.24) is 9.80 Å². The molecular weight excluding hydrogens is 224 g/mol. The molecule has 0 spiro atoms. The zero-order valence-corrected chi connectivity index (χ0v) is 9.87. The molecule has 6 heteroatoms. The number of carboxylic acids is 1. The van der Waals surface area contributed by atoms with Crippen molar-refractivity contribution in [2.75, 3.05) is 20.1 Å². The van der Waals surface area contributed by atoms with Gasteiger partial charge in [0.05, 0.1) is 12.6 Å². The van der Waals surface area contributed by atoms with Crippen molar-refractivity contribution in [2.45, 2.75) is 37.5 Å². The second-order valence-electron chi connectivity index (χ2n) is 4.91. The van der Waals surface area contributed by atoms with Crippen molar-refractivity contribution in [3.8, 4) is 0 Å². The molecule has 17 heavy (non-hydrogen) atoms. The summed E-state index contributed by atoms with van der Waals surface area (Å²) in [5, 5.41) is 18.5. The molecule has 2 atom stereocenters. The second kappa shape index (κ2) is 4.62. The van der Waals surface area contributed by atoms with Gasteiger partial charge in [0.15, 0.2) is 0 Å². The molecule has 1 heterocycles. The van der Waals surface area contributed by atoms with Gasteiger partial charge in [-0.05, 0) is 12.8 Å². The molecule has 0 bridgehead atoms. The largest absolute Gasteiger partial charge is 0.480 e. The Morgan fingerprint density at radius 1 is 1.41 bits per heavy atom. The lowest BCUT2D eigenvalue weighted by Crippen LogP contribution is -2.44. The van der Waals surface area contributed by atoms with Gasteiger partial charge >= 0.3 is 5.97 Å². The van der Waals surface area contributed by atoms with Crippen molar-refractivity contribution >= 4 is 11.9 Å². The first-order valence-electron chi connectivity index (χ1n) is 5.89. The Morgan fingerprint density at radius 3 is 2.59 bits per heavy atom. The number of aliphatic hydroxyl groups excluding tert-OH is 1. The van der Waals surface area contributed by atoms with Crippen LogP contribution in [0.15, 0.2) is 0 Å². The minimum absolute atomic E-state index is 0.0622. The SMILES string of the molecule is CN(C(=O)CN1CC(O)CC1C(=O)O)C1CC1. The molecule has 2 unspecified atom stereocenters. The normalized spacial score (nSPS) is 29.3. The molecule has 1 aliphatic carbocycles. The van der Waals surface area contributed by atoms with E-state index >= 15 is 0 Å². The maximum Gasteiger partial charge on any atom is 0.321 e. The van der Waals surface area contributed by atoms with E-state index in [0.717, 1.165) is 12.8 Å². The highest BCUT2D eigenvalue weighted by Crippen LogP contribution is 2.26. The van der Waals surface area contributed by atoms with Gasteiger partial charge in [0.25, 0.3) is 0 Å². The van der Waals surface area contributed by atoms with E-state index < -0.39 is 18.1 Å². The number of likely N-dealkylation sites (tertiary alicyclic amines) is 1. The number of carbonyl (C=O) groups excluding carboxylic acids is 1. The predicted molar refractivity (Wildman–Crippen MR) is 59.4 cm³/mol. The van der Waals surface area contributed by atoms with E-state index in [1.54, 1.807) is 16.8 Å². The Bertz CT molecular complexity index is 329. The van der Waals surface area contributed by atoms with E-state index in [1.807, 2.05) is 0 Å². The van der Waals surface area contributed by atoms with Gasteiger partial charge in [0.2, 0.25) is 5.91 Å². The highest BCUT2D eigenvalue weighted by Gasteiger charge is 2.38. The van der Waals surface area contributed by atoms with E-state index in [-0.39, 0.29) is 25.4 Å². The van der Waals surface area contributed by atoms with Crippen molar-refractivity contribution in [2.24, 2.45) is 0 Å². The van der Waals surface area contributed by atoms with Crippen molar-refractivity contribution in [3.63, 3.8) is 0 Å². The van der Waals surface area contributed by atoms with Gasteiger partial charge in [0, 0.05) is 26.1 Å². The summed E-state index contributed by atoms with van der Waals surface area (Å²) in [5.41, 5.74) is 0. The van der Waals surface area contributed by atoms with Crippen LogP contribution in [0, 0.1) is 0 Å². The van der Waals surface area contributed by atoms with Crippen LogP contribution >= 0.6 is 0 Å². The number of carbonyl (C=O) groups is 2. The third kappa shape index (κ3) is 2.76. The van der Waals surface area contributed by atoms with Crippen LogP contribution in [-0.4, -0.2) is 70.2 Å². The quantitative estimate of drug-likeness (QED) is 0.669. The predicted octanol–water partition coefficient (Wildman–Crippen LogP) is -0.873. The van der Waals surface area contributed by atoms with Gasteiger partial charge < -0.3 is 15.1 Å². The maximum atomic E-state index is 11.9. The molecule has 0 aromatic carbocycles. The van der Waals surface area contributed by atoms with E-state index in [4.69, 9.17) is 5.11 Å². The molecule has 96 valence electrons. The zero-order valence-electron chi connectivity index (χ0n) is 9.87. The number of aliphatic hydroxyl groups is 1. The second-order valence-corrected chi connectivity index (χ2v) is 4.91. The Morgan fingerprint density at radius 2 is 2.06 bits per heavy atom. The first-order chi connectivity index (χ1) is 7.99. The summed E-state index contributed by atoms with van der Waals surface area (Å²) < 4.78 is 0. The standard InChI is InChI=1S/C11H18N2O4/c1-12(7-2-3-7)10(15)6-13-5-8(14)4-9(13)11(16)17/h7-9,14H,2-6H2,1H3,(H,16,17). The fourth-order valence-corrected chi connectivity index (χ4v) is 2.26. The molecule has 2 fully saturated rings. The maximum absolute atomic E-state index is 11.9. The Hall–Kier alpha value is -1.14. The van der Waals surface area contributed by atoms with Crippen LogP contribution in [0.3, 0.4) is 0 Å². The Balaban J connectivity index is 1.92. The molecule has 0 aromatic heterocycles. The summed E-state index contributed by atoms with van der Waals surface area (Å²) in [7, 11) is 1.75. The number of β-amino-alcohol motifs (C(OH)–C–C–N with tert-alkyl or cyclic N) is 1. The third-order valence-corrected chi connectivity index (χ3v) is 3.49. The lowest BCUT2D eigenvalue weighted by molar-refractivity contribution is -0.143. The lowest BCUT2D eigenvalue weighted by atomic mass is 10.2. The Labute approximate surface area is 99.8 Å². The minimum atomic E-state index is -0.969. The van der Waals surface area contributed by atoms with Gasteiger partial charge in [-0.3, -0.25) is 14.5 Å². The Kier molecular flexibility index (Phi) is 3.35. The molecule has 2 rings (SSSR count). The highest BCUT2D eigenvalue weighted by molar-refractivity contribution is 5.80. The summed E-state index contributed by atoms with van der Waals surface area (Å²) in [4.78, 5) is 26.1. The van der Waals surface area contributed by atoms with E-state index in [1.165, 1.54) is 0 Å². The number of hydrogen-bond acceptors (Lipinski definition) is 4. The molecule has 2 N–H and O–H groups in total. The molecule has 1 aliphatic heterocycles. The molecule has 1 saturated carbocycles. The number of rotatable bonds is 4. The molecule has 1 amide bonds. The topological polar surface area (TPSA) is 81.1 Å². The summed E-state index contributed by atoms with van der Waals surface area (Å²) in [6, 6.07) is -0.403. The number of amides is 1. The molecule has 1 saturated heterocycles. The van der Waals surface area contributed by atoms with Gasteiger partial charge in [0.1, 0.15) is 6.04 Å². The van der Waals surface area contributed by atoms with E-state index in [9.17, 15) is 14.7 Å². The van der Waals surface area contributed by atoms with Crippen molar-refractivity contribution < 1.29 is 19.8 Å². The summed E-state index contributed by atoms with van der Waals surface area (Å²) in [5.74, 6) is -1.03. The van der Waals surface area contributed by atoms with Gasteiger partial charge in [-0.15, -0.1) is 0 Å². The number of carboxylic acid groups (broad SMARTS) is 1. The lowest BCUT2D eigenvalue weighted by Gasteiger charge is -2.23. The molecule has 0 radical (unpaired) electrons.